The number of hydrogen-bond acceptors (Lipinski definition) is 2. The molecule has 0 aliphatic rings. The minimum absolute atomic E-state index is 0.151. The molecule has 2 rings (SSSR count). The number of nitrogen functional groups attached to an aromatic ring is 1. The van der Waals surface area contributed by atoms with Gasteiger partial charge in [0.15, 0.2) is 0 Å². The van der Waals surface area contributed by atoms with Gasteiger partial charge in [0.1, 0.15) is 6.20 Å². The lowest BCUT2D eigenvalue weighted by Crippen LogP contribution is -2.19. The zero-order valence-corrected chi connectivity index (χ0v) is 8.60. The third kappa shape index (κ3) is 2.36. The molecule has 0 atom stereocenters. The maximum Gasteiger partial charge on any atom is 0.339 e. The van der Waals surface area contributed by atoms with Crippen molar-refractivity contribution >= 4 is 17.4 Å². The van der Waals surface area contributed by atoms with Crippen molar-refractivity contribution in [3.05, 3.63) is 54.2 Å². The van der Waals surface area contributed by atoms with Crippen LogP contribution in [0, 0.1) is 0 Å². The van der Waals surface area contributed by atoms with Gasteiger partial charge in [0, 0.05) is 6.07 Å². The van der Waals surface area contributed by atoms with Crippen LogP contribution in [0.4, 0.5) is 11.5 Å². The Morgan fingerprint density at radius 3 is 2.50 bits per heavy atom. The molecular weight excluding hydrogens is 202 g/mol. The summed E-state index contributed by atoms with van der Waals surface area (Å²) in [5.41, 5.74) is 6.77. The average Bonchev–Trinajstić information content (AvgIpc) is 2.33. The van der Waals surface area contributed by atoms with Crippen LogP contribution in [-0.4, -0.2) is 5.91 Å². The van der Waals surface area contributed by atoms with E-state index in [1.807, 2.05) is 18.2 Å². The Morgan fingerprint density at radius 2 is 1.88 bits per heavy atom. The first kappa shape index (κ1) is 10.2. The number of H-pyrrole nitrogens is 1. The van der Waals surface area contributed by atoms with Gasteiger partial charge in [-0.25, -0.2) is 15.1 Å². The summed E-state index contributed by atoms with van der Waals surface area (Å²) in [6.45, 7) is 0. The predicted molar refractivity (Wildman–Crippen MR) is 61.8 cm³/mol. The molecule has 80 valence electrons. The lowest BCUT2D eigenvalue weighted by Gasteiger charge is -1.97. The topological polar surface area (TPSA) is 69.3 Å². The Bertz CT molecular complexity index is 479. The van der Waals surface area contributed by atoms with Crippen LogP contribution in [0.15, 0.2) is 48.7 Å². The Labute approximate surface area is 93.1 Å². The van der Waals surface area contributed by atoms with Crippen molar-refractivity contribution in [3.63, 3.8) is 0 Å². The van der Waals surface area contributed by atoms with Crippen LogP contribution in [0.1, 0.15) is 10.4 Å². The van der Waals surface area contributed by atoms with E-state index >= 15 is 0 Å². The molecular formula is C12H12N3O+. The fraction of sp³-hybridized carbons (Fsp3) is 0. The Kier molecular flexibility index (Phi) is 2.82. The van der Waals surface area contributed by atoms with Crippen molar-refractivity contribution in [2.45, 2.75) is 0 Å². The highest BCUT2D eigenvalue weighted by molar-refractivity contribution is 6.03. The molecule has 16 heavy (non-hydrogen) atoms. The fourth-order valence-electron chi connectivity index (χ4n) is 1.30. The van der Waals surface area contributed by atoms with Crippen LogP contribution >= 0.6 is 0 Å². The van der Waals surface area contributed by atoms with Crippen molar-refractivity contribution in [2.24, 2.45) is 0 Å². The summed E-state index contributed by atoms with van der Waals surface area (Å²) in [5, 5.41) is 2.74. The number of carbonyl (C=O) groups excluding carboxylic acids is 1. The van der Waals surface area contributed by atoms with Crippen molar-refractivity contribution in [1.82, 2.24) is 0 Å². The van der Waals surface area contributed by atoms with Gasteiger partial charge in [-0.15, -0.1) is 0 Å². The van der Waals surface area contributed by atoms with E-state index in [0.717, 1.165) is 0 Å². The second-order valence-electron chi connectivity index (χ2n) is 3.36. The Hall–Kier alpha value is -2.36. The summed E-state index contributed by atoms with van der Waals surface area (Å²) < 4.78 is 0. The van der Waals surface area contributed by atoms with Crippen LogP contribution in [0.3, 0.4) is 0 Å². The third-order valence-corrected chi connectivity index (χ3v) is 2.12. The molecule has 1 aromatic heterocycles. The summed E-state index contributed by atoms with van der Waals surface area (Å²) >= 11 is 0. The maximum atomic E-state index is 11.7. The zero-order valence-electron chi connectivity index (χ0n) is 8.60. The zero-order chi connectivity index (χ0) is 11.4. The van der Waals surface area contributed by atoms with E-state index in [-0.39, 0.29) is 5.91 Å². The molecule has 1 heterocycles. The normalized spacial score (nSPS) is 9.75. The van der Waals surface area contributed by atoms with Crippen molar-refractivity contribution < 1.29 is 9.78 Å². The first-order valence-electron chi connectivity index (χ1n) is 4.89. The highest BCUT2D eigenvalue weighted by Crippen LogP contribution is 2.05. The molecule has 0 radical (unpaired) electrons. The molecule has 0 aliphatic carbocycles. The molecule has 0 saturated carbocycles. The van der Waals surface area contributed by atoms with Gasteiger partial charge < -0.3 is 5.73 Å². The monoisotopic (exact) mass is 214 g/mol. The van der Waals surface area contributed by atoms with Crippen molar-refractivity contribution in [2.75, 3.05) is 11.1 Å². The van der Waals surface area contributed by atoms with Crippen molar-refractivity contribution in [1.29, 1.82) is 0 Å². The number of rotatable bonds is 2. The largest absolute Gasteiger partial charge is 0.396 e. The van der Waals surface area contributed by atoms with Crippen LogP contribution < -0.4 is 16.0 Å². The number of benzene rings is 1. The maximum absolute atomic E-state index is 11.7. The minimum atomic E-state index is -0.151. The van der Waals surface area contributed by atoms with Crippen molar-refractivity contribution in [3.8, 4) is 0 Å². The number of aromatic nitrogens is 1. The first-order valence-corrected chi connectivity index (χ1v) is 4.89. The van der Waals surface area contributed by atoms with Gasteiger partial charge in [0.2, 0.25) is 0 Å². The number of anilines is 2. The van der Waals surface area contributed by atoms with Gasteiger partial charge in [-0.05, 0) is 18.2 Å². The van der Waals surface area contributed by atoms with Crippen LogP contribution in [-0.2, 0) is 0 Å². The van der Waals surface area contributed by atoms with Crippen LogP contribution in [0.5, 0.6) is 0 Å². The standard InChI is InChI=1S/C12H11N3O/c13-10-6-7-11(14-8-10)15-12(16)9-4-2-1-3-5-9/h1-8H,13H2,(H,14,15,16)/p+1. The summed E-state index contributed by atoms with van der Waals surface area (Å²) in [7, 11) is 0. The number of pyridine rings is 1. The summed E-state index contributed by atoms with van der Waals surface area (Å²) in [5.74, 6) is 0.463. The van der Waals surface area contributed by atoms with E-state index in [4.69, 9.17) is 5.73 Å². The van der Waals surface area contributed by atoms with Gasteiger partial charge >= 0.3 is 5.91 Å². The second kappa shape index (κ2) is 4.44. The van der Waals surface area contributed by atoms with E-state index in [1.54, 1.807) is 30.5 Å². The molecule has 0 spiro atoms. The van der Waals surface area contributed by atoms with Gasteiger partial charge in [-0.3, -0.25) is 0 Å². The van der Waals surface area contributed by atoms with E-state index in [2.05, 4.69) is 10.3 Å². The fourth-order valence-corrected chi connectivity index (χ4v) is 1.30. The molecule has 0 unspecified atom stereocenters. The lowest BCUT2D eigenvalue weighted by atomic mass is 10.2. The molecule has 0 aliphatic heterocycles. The average molecular weight is 214 g/mol. The number of carbonyl (C=O) groups is 1. The number of aromatic amines is 1. The lowest BCUT2D eigenvalue weighted by molar-refractivity contribution is -0.359. The van der Waals surface area contributed by atoms with E-state index in [0.29, 0.717) is 17.1 Å². The highest BCUT2D eigenvalue weighted by Gasteiger charge is 2.11. The molecule has 4 nitrogen and oxygen atoms in total. The van der Waals surface area contributed by atoms with Gasteiger partial charge in [-0.1, -0.05) is 18.2 Å². The third-order valence-electron chi connectivity index (χ3n) is 2.12. The SMILES string of the molecule is Nc1ccc(NC(=O)c2ccccc2)[nH+]c1. The molecule has 0 fully saturated rings. The Balaban J connectivity index is 2.11. The number of nitrogens with one attached hydrogen (secondary N) is 2. The van der Waals surface area contributed by atoms with E-state index in [1.165, 1.54) is 0 Å². The van der Waals surface area contributed by atoms with Gasteiger partial charge in [0.25, 0.3) is 5.82 Å². The van der Waals surface area contributed by atoms with Gasteiger partial charge in [0.05, 0.1) is 11.3 Å². The van der Waals surface area contributed by atoms with Crippen LogP contribution in [0.25, 0.3) is 0 Å². The molecule has 0 saturated heterocycles. The minimum Gasteiger partial charge on any atom is -0.396 e. The van der Waals surface area contributed by atoms with E-state index < -0.39 is 0 Å². The first-order chi connectivity index (χ1) is 7.75. The molecule has 0 bridgehead atoms. The molecule has 1 amide bonds. The molecule has 2 aromatic rings. The number of hydrogen-bond donors (Lipinski definition) is 2. The Morgan fingerprint density at radius 1 is 1.12 bits per heavy atom. The van der Waals surface area contributed by atoms with Crippen LogP contribution in [0.2, 0.25) is 0 Å². The summed E-state index contributed by atoms with van der Waals surface area (Å²) in [4.78, 5) is 14.6. The number of amides is 1. The van der Waals surface area contributed by atoms with E-state index in [9.17, 15) is 4.79 Å². The molecule has 4 heteroatoms. The number of nitrogens with two attached hydrogens (primary N) is 1. The second-order valence-corrected chi connectivity index (χ2v) is 3.36. The highest BCUT2D eigenvalue weighted by atomic mass is 16.1. The van der Waals surface area contributed by atoms with Gasteiger partial charge in [-0.2, -0.15) is 0 Å². The predicted octanol–water partition coefficient (Wildman–Crippen LogP) is 1.34. The molecule has 1 aromatic carbocycles. The smallest absolute Gasteiger partial charge is 0.339 e. The quantitative estimate of drug-likeness (QED) is 0.791. The molecule has 4 N–H and O–H groups in total. The summed E-state index contributed by atoms with van der Waals surface area (Å²) in [6, 6.07) is 12.5. The summed E-state index contributed by atoms with van der Waals surface area (Å²) in [6.07, 6.45) is 1.63.